The summed E-state index contributed by atoms with van der Waals surface area (Å²) in [5, 5.41) is 13.3. The molecule has 2 fully saturated rings. The lowest BCUT2D eigenvalue weighted by Crippen LogP contribution is -2.42. The highest BCUT2D eigenvalue weighted by Gasteiger charge is 2.23. The lowest BCUT2D eigenvalue weighted by Gasteiger charge is -2.30. The Labute approximate surface area is 105 Å². The first-order valence-electron chi connectivity index (χ1n) is 7.25. The predicted molar refractivity (Wildman–Crippen MR) is 69.0 cm³/mol. The van der Waals surface area contributed by atoms with E-state index in [4.69, 9.17) is 4.74 Å². The molecular formula is C14H27NO2. The van der Waals surface area contributed by atoms with Gasteiger partial charge in [0.1, 0.15) is 0 Å². The summed E-state index contributed by atoms with van der Waals surface area (Å²) in [5.41, 5.74) is 0. The largest absolute Gasteiger partial charge is 0.389 e. The Morgan fingerprint density at radius 1 is 1.24 bits per heavy atom. The molecule has 0 amide bonds. The van der Waals surface area contributed by atoms with Crippen molar-refractivity contribution in [3.05, 3.63) is 0 Å². The van der Waals surface area contributed by atoms with Gasteiger partial charge in [0.2, 0.25) is 0 Å². The predicted octanol–water partition coefficient (Wildman–Crippen LogP) is 1.94. The number of hydrogen-bond donors (Lipinski definition) is 2. The van der Waals surface area contributed by atoms with Crippen LogP contribution in [0.2, 0.25) is 0 Å². The molecule has 0 aromatic rings. The summed E-state index contributed by atoms with van der Waals surface area (Å²) >= 11 is 0. The van der Waals surface area contributed by atoms with Crippen molar-refractivity contribution in [1.82, 2.24) is 5.32 Å². The Kier molecular flexibility index (Phi) is 5.26. The van der Waals surface area contributed by atoms with Crippen molar-refractivity contribution in [3.63, 3.8) is 0 Å². The number of nitrogens with one attached hydrogen (secondary N) is 1. The van der Waals surface area contributed by atoms with Gasteiger partial charge >= 0.3 is 0 Å². The van der Waals surface area contributed by atoms with E-state index in [1.165, 1.54) is 38.5 Å². The molecule has 0 bridgehead atoms. The summed E-state index contributed by atoms with van der Waals surface area (Å²) in [4.78, 5) is 0. The van der Waals surface area contributed by atoms with Gasteiger partial charge in [-0.1, -0.05) is 19.8 Å². The van der Waals surface area contributed by atoms with Crippen molar-refractivity contribution < 1.29 is 9.84 Å². The van der Waals surface area contributed by atoms with Crippen LogP contribution in [0.1, 0.15) is 45.4 Å². The molecule has 17 heavy (non-hydrogen) atoms. The van der Waals surface area contributed by atoms with Crippen LogP contribution in [0.15, 0.2) is 0 Å². The fourth-order valence-corrected chi connectivity index (χ4v) is 2.62. The third kappa shape index (κ3) is 4.94. The van der Waals surface area contributed by atoms with Crippen molar-refractivity contribution in [2.24, 2.45) is 11.8 Å². The molecule has 3 unspecified atom stereocenters. The van der Waals surface area contributed by atoms with E-state index < -0.39 is 0 Å². The Morgan fingerprint density at radius 3 is 2.71 bits per heavy atom. The zero-order valence-electron chi connectivity index (χ0n) is 11.0. The summed E-state index contributed by atoms with van der Waals surface area (Å²) in [6.45, 7) is 4.33. The SMILES string of the molecule is CC1CCCCC1NCC(O)COCC1CC1. The number of rotatable bonds is 7. The molecule has 3 atom stereocenters. The van der Waals surface area contributed by atoms with E-state index in [2.05, 4.69) is 12.2 Å². The summed E-state index contributed by atoms with van der Waals surface area (Å²) in [7, 11) is 0. The van der Waals surface area contributed by atoms with Gasteiger partial charge < -0.3 is 15.2 Å². The number of ether oxygens (including phenoxy) is 1. The van der Waals surface area contributed by atoms with E-state index in [0.717, 1.165) is 18.4 Å². The molecule has 2 aliphatic rings. The van der Waals surface area contributed by atoms with Crippen molar-refractivity contribution in [1.29, 1.82) is 0 Å². The first-order chi connectivity index (χ1) is 8.25. The van der Waals surface area contributed by atoms with Gasteiger partial charge in [0.15, 0.2) is 0 Å². The monoisotopic (exact) mass is 241 g/mol. The van der Waals surface area contributed by atoms with Crippen LogP contribution in [0.25, 0.3) is 0 Å². The summed E-state index contributed by atoms with van der Waals surface area (Å²) in [6.07, 6.45) is 7.57. The average molecular weight is 241 g/mol. The first kappa shape index (κ1) is 13.3. The molecule has 0 heterocycles. The zero-order valence-corrected chi connectivity index (χ0v) is 11.0. The molecule has 0 spiro atoms. The van der Waals surface area contributed by atoms with Crippen LogP contribution in [-0.2, 0) is 4.74 Å². The maximum atomic E-state index is 9.81. The van der Waals surface area contributed by atoms with Crippen LogP contribution in [-0.4, -0.2) is 37.0 Å². The molecule has 2 saturated carbocycles. The number of aliphatic hydroxyl groups is 1. The molecule has 100 valence electrons. The van der Waals surface area contributed by atoms with E-state index in [-0.39, 0.29) is 6.10 Å². The molecule has 3 heteroatoms. The number of aliphatic hydroxyl groups excluding tert-OH is 1. The van der Waals surface area contributed by atoms with Gasteiger partial charge in [-0.05, 0) is 37.5 Å². The highest BCUT2D eigenvalue weighted by Crippen LogP contribution is 2.28. The summed E-state index contributed by atoms with van der Waals surface area (Å²) in [5.74, 6) is 1.54. The number of hydrogen-bond acceptors (Lipinski definition) is 3. The average Bonchev–Trinajstić information content (AvgIpc) is 3.12. The molecule has 0 aromatic carbocycles. The fraction of sp³-hybridized carbons (Fsp3) is 1.00. The van der Waals surface area contributed by atoms with Crippen molar-refractivity contribution in [3.8, 4) is 0 Å². The topological polar surface area (TPSA) is 41.5 Å². The normalized spacial score (nSPS) is 31.4. The third-order valence-electron chi connectivity index (χ3n) is 4.09. The standard InChI is InChI=1S/C14H27NO2/c1-11-4-2-3-5-14(11)15-8-13(16)10-17-9-12-6-7-12/h11-16H,2-10H2,1H3. The first-order valence-corrected chi connectivity index (χ1v) is 7.25. The maximum Gasteiger partial charge on any atom is 0.0897 e. The highest BCUT2D eigenvalue weighted by atomic mass is 16.5. The van der Waals surface area contributed by atoms with E-state index in [1.54, 1.807) is 0 Å². The summed E-state index contributed by atoms with van der Waals surface area (Å²) < 4.78 is 5.50. The maximum absolute atomic E-state index is 9.81. The van der Waals surface area contributed by atoms with Crippen LogP contribution < -0.4 is 5.32 Å². The second-order valence-corrected chi connectivity index (χ2v) is 5.91. The molecular weight excluding hydrogens is 214 g/mol. The van der Waals surface area contributed by atoms with Crippen molar-refractivity contribution in [2.45, 2.75) is 57.6 Å². The van der Waals surface area contributed by atoms with E-state index >= 15 is 0 Å². The third-order valence-corrected chi connectivity index (χ3v) is 4.09. The minimum atomic E-state index is -0.345. The van der Waals surface area contributed by atoms with Crippen LogP contribution in [0.4, 0.5) is 0 Å². The quantitative estimate of drug-likeness (QED) is 0.716. The molecule has 0 aromatic heterocycles. The lowest BCUT2D eigenvalue weighted by atomic mass is 9.86. The summed E-state index contributed by atoms with van der Waals surface area (Å²) in [6, 6.07) is 0.599. The van der Waals surface area contributed by atoms with Crippen molar-refractivity contribution in [2.75, 3.05) is 19.8 Å². The van der Waals surface area contributed by atoms with Crippen LogP contribution in [0.5, 0.6) is 0 Å². The second kappa shape index (κ2) is 6.72. The van der Waals surface area contributed by atoms with Crippen LogP contribution in [0.3, 0.4) is 0 Å². The van der Waals surface area contributed by atoms with Crippen molar-refractivity contribution >= 4 is 0 Å². The minimum absolute atomic E-state index is 0.345. The van der Waals surface area contributed by atoms with Gasteiger partial charge in [0.25, 0.3) is 0 Å². The van der Waals surface area contributed by atoms with E-state index in [1.807, 2.05) is 0 Å². The van der Waals surface area contributed by atoms with Gasteiger partial charge in [-0.25, -0.2) is 0 Å². The second-order valence-electron chi connectivity index (χ2n) is 5.91. The van der Waals surface area contributed by atoms with Gasteiger partial charge in [-0.3, -0.25) is 0 Å². The Hall–Kier alpha value is -0.120. The van der Waals surface area contributed by atoms with E-state index in [0.29, 0.717) is 19.2 Å². The fourth-order valence-electron chi connectivity index (χ4n) is 2.62. The van der Waals surface area contributed by atoms with Gasteiger partial charge in [0.05, 0.1) is 12.7 Å². The minimum Gasteiger partial charge on any atom is -0.389 e. The van der Waals surface area contributed by atoms with Gasteiger partial charge in [0, 0.05) is 19.2 Å². The molecule has 0 saturated heterocycles. The molecule has 3 nitrogen and oxygen atoms in total. The van der Waals surface area contributed by atoms with Gasteiger partial charge in [-0.15, -0.1) is 0 Å². The Morgan fingerprint density at radius 2 is 2.00 bits per heavy atom. The van der Waals surface area contributed by atoms with Crippen LogP contribution in [0, 0.1) is 11.8 Å². The van der Waals surface area contributed by atoms with Gasteiger partial charge in [-0.2, -0.15) is 0 Å². The molecule has 2 aliphatic carbocycles. The smallest absolute Gasteiger partial charge is 0.0897 e. The molecule has 0 radical (unpaired) electrons. The Bertz CT molecular complexity index is 218. The Balaban J connectivity index is 1.52. The van der Waals surface area contributed by atoms with E-state index in [9.17, 15) is 5.11 Å². The highest BCUT2D eigenvalue weighted by molar-refractivity contribution is 4.79. The molecule has 2 N–H and O–H groups in total. The molecule has 2 rings (SSSR count). The lowest BCUT2D eigenvalue weighted by molar-refractivity contribution is 0.0296. The van der Waals surface area contributed by atoms with Crippen LogP contribution >= 0.6 is 0 Å². The zero-order chi connectivity index (χ0) is 12.1. The molecule has 0 aliphatic heterocycles.